The van der Waals surface area contributed by atoms with Crippen molar-refractivity contribution in [2.24, 2.45) is 0 Å². The summed E-state index contributed by atoms with van der Waals surface area (Å²) in [4.78, 5) is 8.79. The maximum absolute atomic E-state index is 13.9. The Balaban J connectivity index is 2.22. The van der Waals surface area contributed by atoms with Gasteiger partial charge in [0.05, 0.1) is 12.8 Å². The molecule has 94 valence electrons. The number of benzene rings is 1. The van der Waals surface area contributed by atoms with Crippen LogP contribution in [0, 0.1) is 5.82 Å². The maximum Gasteiger partial charge on any atom is 0.177 e. The zero-order valence-electron chi connectivity index (χ0n) is 10.2. The third kappa shape index (κ3) is 2.79. The van der Waals surface area contributed by atoms with Crippen molar-refractivity contribution >= 4 is 11.8 Å². The molecule has 1 aromatic carbocycles. The number of halogens is 1. The molecule has 0 N–H and O–H groups in total. The zero-order chi connectivity index (χ0) is 13.0. The Labute approximate surface area is 109 Å². The molecule has 0 bridgehead atoms. The monoisotopic (exact) mass is 264 g/mol. The largest absolute Gasteiger partial charge is 0.497 e. The number of rotatable bonds is 4. The van der Waals surface area contributed by atoms with Crippen LogP contribution in [0.15, 0.2) is 40.5 Å². The van der Waals surface area contributed by atoms with E-state index >= 15 is 0 Å². The minimum Gasteiger partial charge on any atom is -0.497 e. The van der Waals surface area contributed by atoms with Gasteiger partial charge in [0, 0.05) is 4.90 Å². The number of methoxy groups -OCH3 is 1. The third-order valence-electron chi connectivity index (χ3n) is 2.44. The molecule has 5 heteroatoms. The SMILES string of the molecule is CCc1ncnc(Sc2ccc(OC)cc2)c1F. The number of hydrogen-bond acceptors (Lipinski definition) is 4. The topological polar surface area (TPSA) is 35.0 Å². The predicted octanol–water partition coefficient (Wildman–Crippen LogP) is 3.34. The van der Waals surface area contributed by atoms with Crippen LogP contribution >= 0.6 is 11.8 Å². The van der Waals surface area contributed by atoms with E-state index < -0.39 is 0 Å². The van der Waals surface area contributed by atoms with E-state index in [2.05, 4.69) is 9.97 Å². The highest BCUT2D eigenvalue weighted by atomic mass is 32.2. The molecule has 18 heavy (non-hydrogen) atoms. The first-order valence-electron chi connectivity index (χ1n) is 5.56. The Morgan fingerprint density at radius 2 is 1.94 bits per heavy atom. The lowest BCUT2D eigenvalue weighted by atomic mass is 10.3. The lowest BCUT2D eigenvalue weighted by Gasteiger charge is -2.05. The minimum absolute atomic E-state index is 0.333. The van der Waals surface area contributed by atoms with Gasteiger partial charge < -0.3 is 4.74 Å². The van der Waals surface area contributed by atoms with Crippen molar-refractivity contribution < 1.29 is 9.13 Å². The highest BCUT2D eigenvalue weighted by Crippen LogP contribution is 2.29. The Morgan fingerprint density at radius 3 is 2.56 bits per heavy atom. The van der Waals surface area contributed by atoms with Crippen LogP contribution in [0.25, 0.3) is 0 Å². The molecule has 0 unspecified atom stereocenters. The average Bonchev–Trinajstić information content (AvgIpc) is 2.42. The molecule has 1 aromatic heterocycles. The number of aryl methyl sites for hydroxylation is 1. The molecule has 0 saturated heterocycles. The molecule has 3 nitrogen and oxygen atoms in total. The summed E-state index contributed by atoms with van der Waals surface area (Å²) in [5.74, 6) is 0.442. The maximum atomic E-state index is 13.9. The molecule has 0 aliphatic rings. The molecular formula is C13H13FN2OS. The van der Waals surface area contributed by atoms with Gasteiger partial charge in [0.1, 0.15) is 17.1 Å². The van der Waals surface area contributed by atoms with E-state index in [-0.39, 0.29) is 5.82 Å². The van der Waals surface area contributed by atoms with Crippen molar-refractivity contribution in [3.05, 3.63) is 42.1 Å². The first-order valence-corrected chi connectivity index (χ1v) is 6.37. The number of aromatic nitrogens is 2. The van der Waals surface area contributed by atoms with Crippen LogP contribution in [0.4, 0.5) is 4.39 Å². The molecule has 2 aromatic rings. The summed E-state index contributed by atoms with van der Waals surface area (Å²) in [5.41, 5.74) is 0.445. The third-order valence-corrected chi connectivity index (χ3v) is 3.42. The van der Waals surface area contributed by atoms with Crippen molar-refractivity contribution in [2.75, 3.05) is 7.11 Å². The molecule has 0 atom stereocenters. The van der Waals surface area contributed by atoms with E-state index in [1.165, 1.54) is 18.1 Å². The normalized spacial score (nSPS) is 10.4. The molecule has 0 spiro atoms. The van der Waals surface area contributed by atoms with E-state index in [4.69, 9.17) is 4.74 Å². The lowest BCUT2D eigenvalue weighted by molar-refractivity contribution is 0.414. The Hall–Kier alpha value is -1.62. The fraction of sp³-hybridized carbons (Fsp3) is 0.231. The highest BCUT2D eigenvalue weighted by molar-refractivity contribution is 7.99. The quantitative estimate of drug-likeness (QED) is 0.793. The van der Waals surface area contributed by atoms with Gasteiger partial charge in [-0.2, -0.15) is 0 Å². The smallest absolute Gasteiger partial charge is 0.177 e. The van der Waals surface area contributed by atoms with Gasteiger partial charge in [-0.3, -0.25) is 0 Å². The van der Waals surface area contributed by atoms with E-state index in [9.17, 15) is 4.39 Å². The second-order valence-electron chi connectivity index (χ2n) is 3.57. The summed E-state index contributed by atoms with van der Waals surface area (Å²) >= 11 is 1.28. The minimum atomic E-state index is -0.333. The molecule has 1 heterocycles. The second kappa shape index (κ2) is 5.82. The van der Waals surface area contributed by atoms with Gasteiger partial charge in [-0.1, -0.05) is 18.7 Å². The fourth-order valence-corrected chi connectivity index (χ4v) is 2.26. The molecule has 0 aliphatic carbocycles. The van der Waals surface area contributed by atoms with Gasteiger partial charge in [0.15, 0.2) is 5.82 Å². The van der Waals surface area contributed by atoms with Crippen LogP contribution in [-0.2, 0) is 6.42 Å². The van der Waals surface area contributed by atoms with E-state index in [0.717, 1.165) is 10.6 Å². The second-order valence-corrected chi connectivity index (χ2v) is 4.63. The molecule has 0 fully saturated rings. The fourth-order valence-electron chi connectivity index (χ4n) is 1.46. The van der Waals surface area contributed by atoms with Gasteiger partial charge in [-0.15, -0.1) is 0 Å². The molecule has 0 amide bonds. The van der Waals surface area contributed by atoms with E-state index in [1.54, 1.807) is 7.11 Å². The first-order chi connectivity index (χ1) is 8.74. The molecule has 0 aliphatic heterocycles. The van der Waals surface area contributed by atoms with Crippen LogP contribution in [0.5, 0.6) is 5.75 Å². The first kappa shape index (κ1) is 12.8. The Morgan fingerprint density at radius 1 is 1.22 bits per heavy atom. The molecular weight excluding hydrogens is 251 g/mol. The average molecular weight is 264 g/mol. The van der Waals surface area contributed by atoms with Crippen molar-refractivity contribution in [1.82, 2.24) is 9.97 Å². The summed E-state index contributed by atoms with van der Waals surface area (Å²) in [7, 11) is 1.61. The predicted molar refractivity (Wildman–Crippen MR) is 68.5 cm³/mol. The van der Waals surface area contributed by atoms with Crippen LogP contribution in [0.1, 0.15) is 12.6 Å². The standard InChI is InChI=1S/C13H13FN2OS/c1-3-11-12(14)13(16-8-15-11)18-10-6-4-9(17-2)5-7-10/h4-8H,3H2,1-2H3. The van der Waals surface area contributed by atoms with E-state index in [1.807, 2.05) is 31.2 Å². The number of hydrogen-bond donors (Lipinski definition) is 0. The summed E-state index contributed by atoms with van der Waals surface area (Å²) in [6, 6.07) is 7.41. The van der Waals surface area contributed by atoms with Gasteiger partial charge >= 0.3 is 0 Å². The van der Waals surface area contributed by atoms with Crippen LogP contribution in [0.3, 0.4) is 0 Å². The molecule has 0 saturated carbocycles. The zero-order valence-corrected chi connectivity index (χ0v) is 11.0. The van der Waals surface area contributed by atoms with Crippen molar-refractivity contribution in [3.63, 3.8) is 0 Å². The molecule has 2 rings (SSSR count). The van der Waals surface area contributed by atoms with Crippen molar-refractivity contribution in [1.29, 1.82) is 0 Å². The van der Waals surface area contributed by atoms with Crippen LogP contribution in [-0.4, -0.2) is 17.1 Å². The molecule has 0 radical (unpaired) electrons. The Kier molecular flexibility index (Phi) is 4.15. The van der Waals surface area contributed by atoms with Gasteiger partial charge in [0.25, 0.3) is 0 Å². The summed E-state index contributed by atoms with van der Waals surface area (Å²) in [6.45, 7) is 1.87. The lowest BCUT2D eigenvalue weighted by Crippen LogP contribution is -1.97. The highest BCUT2D eigenvalue weighted by Gasteiger charge is 2.10. The Bertz CT molecular complexity index is 531. The number of ether oxygens (including phenoxy) is 1. The van der Waals surface area contributed by atoms with Gasteiger partial charge in [-0.25, -0.2) is 14.4 Å². The number of nitrogens with zero attached hydrogens (tertiary/aromatic N) is 2. The van der Waals surface area contributed by atoms with Crippen LogP contribution in [0.2, 0.25) is 0 Å². The summed E-state index contributed by atoms with van der Waals surface area (Å²) < 4.78 is 19.0. The van der Waals surface area contributed by atoms with Crippen molar-refractivity contribution in [2.45, 2.75) is 23.3 Å². The summed E-state index contributed by atoms with van der Waals surface area (Å²) in [6.07, 6.45) is 1.96. The van der Waals surface area contributed by atoms with Gasteiger partial charge in [0.2, 0.25) is 0 Å². The summed E-state index contributed by atoms with van der Waals surface area (Å²) in [5, 5.41) is 0.354. The van der Waals surface area contributed by atoms with Crippen molar-refractivity contribution in [3.8, 4) is 5.75 Å². The van der Waals surface area contributed by atoms with Gasteiger partial charge in [-0.05, 0) is 30.7 Å². The van der Waals surface area contributed by atoms with Crippen LogP contribution < -0.4 is 4.74 Å². The van der Waals surface area contributed by atoms with E-state index in [0.29, 0.717) is 17.1 Å².